The van der Waals surface area contributed by atoms with E-state index < -0.39 is 0 Å². The molecular weight excluding hydrogens is 284 g/mol. The van der Waals surface area contributed by atoms with Gasteiger partial charge in [0.05, 0.1) is 5.56 Å². The quantitative estimate of drug-likeness (QED) is 0.908. The van der Waals surface area contributed by atoms with E-state index in [1.54, 1.807) is 11.3 Å². The number of hydrogen-bond acceptors (Lipinski definition) is 4. The van der Waals surface area contributed by atoms with Crippen molar-refractivity contribution in [2.75, 3.05) is 40.4 Å². The Hall–Kier alpha value is -0.910. The van der Waals surface area contributed by atoms with Crippen LogP contribution in [0.1, 0.15) is 33.6 Å². The van der Waals surface area contributed by atoms with Gasteiger partial charge in [-0.1, -0.05) is 0 Å². The summed E-state index contributed by atoms with van der Waals surface area (Å²) in [7, 11) is 4.18. The second-order valence-electron chi connectivity index (χ2n) is 6.36. The number of amides is 1. The lowest BCUT2D eigenvalue weighted by atomic mass is 9.79. The fourth-order valence-corrected chi connectivity index (χ4v) is 3.83. The zero-order valence-electron chi connectivity index (χ0n) is 13.5. The third-order valence-electron chi connectivity index (χ3n) is 4.36. The van der Waals surface area contributed by atoms with E-state index in [0.717, 1.165) is 50.3 Å². The Labute approximate surface area is 131 Å². The number of rotatable bonds is 5. The highest BCUT2D eigenvalue weighted by Crippen LogP contribution is 2.30. The lowest BCUT2D eigenvalue weighted by molar-refractivity contribution is 0.00285. The Balaban J connectivity index is 2.01. The van der Waals surface area contributed by atoms with Gasteiger partial charge in [0, 0.05) is 42.0 Å². The van der Waals surface area contributed by atoms with Crippen LogP contribution in [0, 0.1) is 19.3 Å². The fraction of sp³-hybridized carbons (Fsp3) is 0.688. The molecule has 21 heavy (non-hydrogen) atoms. The molecule has 2 heterocycles. The summed E-state index contributed by atoms with van der Waals surface area (Å²) < 4.78 is 5.49. The van der Waals surface area contributed by atoms with Crippen molar-refractivity contribution in [2.45, 2.75) is 26.7 Å². The van der Waals surface area contributed by atoms with E-state index in [4.69, 9.17) is 4.74 Å². The van der Waals surface area contributed by atoms with Gasteiger partial charge in [-0.2, -0.15) is 0 Å². The number of hydrogen-bond donors (Lipinski definition) is 1. The molecule has 0 aromatic carbocycles. The van der Waals surface area contributed by atoms with Crippen LogP contribution in [0.5, 0.6) is 0 Å². The summed E-state index contributed by atoms with van der Waals surface area (Å²) >= 11 is 1.64. The molecule has 1 fully saturated rings. The van der Waals surface area contributed by atoms with Gasteiger partial charge >= 0.3 is 0 Å². The SMILES string of the molecule is Cc1scc(C(=O)NCC2(CN(C)C)CCOCC2)c1C. The van der Waals surface area contributed by atoms with Gasteiger partial charge in [0.2, 0.25) is 0 Å². The number of carbonyl (C=O) groups is 1. The van der Waals surface area contributed by atoms with E-state index >= 15 is 0 Å². The normalized spacial score (nSPS) is 18.0. The zero-order chi connectivity index (χ0) is 15.5. The number of carbonyl (C=O) groups excluding carboxylic acids is 1. The molecule has 0 bridgehead atoms. The van der Waals surface area contributed by atoms with Gasteiger partial charge in [-0.15, -0.1) is 11.3 Å². The zero-order valence-corrected chi connectivity index (χ0v) is 14.3. The minimum absolute atomic E-state index is 0.0569. The molecule has 0 aliphatic carbocycles. The van der Waals surface area contributed by atoms with Crippen LogP contribution in [0.3, 0.4) is 0 Å². The molecule has 4 nitrogen and oxygen atoms in total. The average Bonchev–Trinajstić information content (AvgIpc) is 2.77. The van der Waals surface area contributed by atoms with Gasteiger partial charge < -0.3 is 15.0 Å². The molecule has 118 valence electrons. The van der Waals surface area contributed by atoms with Gasteiger partial charge in [0.1, 0.15) is 0 Å². The maximum atomic E-state index is 12.4. The topological polar surface area (TPSA) is 41.6 Å². The molecule has 0 radical (unpaired) electrons. The van der Waals surface area contributed by atoms with E-state index in [9.17, 15) is 4.79 Å². The first kappa shape index (κ1) is 16.5. The Morgan fingerprint density at radius 1 is 1.38 bits per heavy atom. The molecule has 1 aromatic rings. The molecule has 1 aromatic heterocycles. The van der Waals surface area contributed by atoms with Crippen molar-refractivity contribution >= 4 is 17.2 Å². The molecule has 1 saturated heterocycles. The minimum Gasteiger partial charge on any atom is -0.381 e. The molecule has 0 saturated carbocycles. The molecule has 1 amide bonds. The minimum atomic E-state index is 0.0569. The van der Waals surface area contributed by atoms with Gasteiger partial charge in [-0.25, -0.2) is 0 Å². The largest absolute Gasteiger partial charge is 0.381 e. The number of nitrogens with one attached hydrogen (secondary N) is 1. The van der Waals surface area contributed by atoms with Crippen molar-refractivity contribution < 1.29 is 9.53 Å². The molecule has 1 aliphatic heterocycles. The third kappa shape index (κ3) is 4.05. The first-order valence-corrected chi connectivity index (χ1v) is 8.37. The van der Waals surface area contributed by atoms with Gasteiger partial charge in [0.25, 0.3) is 5.91 Å². The van der Waals surface area contributed by atoms with Crippen LogP contribution in [-0.4, -0.2) is 51.2 Å². The second kappa shape index (κ2) is 6.90. The van der Waals surface area contributed by atoms with E-state index in [0.29, 0.717) is 0 Å². The van der Waals surface area contributed by atoms with E-state index in [1.807, 2.05) is 12.3 Å². The first-order valence-electron chi connectivity index (χ1n) is 7.49. The van der Waals surface area contributed by atoms with Gasteiger partial charge in [-0.3, -0.25) is 4.79 Å². The summed E-state index contributed by atoms with van der Waals surface area (Å²) in [6.45, 7) is 7.37. The average molecular weight is 310 g/mol. The maximum Gasteiger partial charge on any atom is 0.252 e. The molecule has 0 unspecified atom stereocenters. The molecule has 0 spiro atoms. The molecule has 5 heteroatoms. The van der Waals surface area contributed by atoms with Crippen LogP contribution >= 0.6 is 11.3 Å². The predicted molar refractivity (Wildman–Crippen MR) is 87.2 cm³/mol. The highest BCUT2D eigenvalue weighted by Gasteiger charge is 2.33. The Morgan fingerprint density at radius 2 is 2.05 bits per heavy atom. The summed E-state index contributed by atoms with van der Waals surface area (Å²) in [6, 6.07) is 0. The first-order chi connectivity index (χ1) is 9.93. The Kier molecular flexibility index (Phi) is 5.41. The summed E-state index contributed by atoms with van der Waals surface area (Å²) in [5.41, 5.74) is 2.06. The van der Waals surface area contributed by atoms with Crippen molar-refractivity contribution in [1.29, 1.82) is 0 Å². The summed E-state index contributed by atoms with van der Waals surface area (Å²) in [5.74, 6) is 0.0569. The van der Waals surface area contributed by atoms with Crippen LogP contribution in [0.25, 0.3) is 0 Å². The molecule has 0 atom stereocenters. The Bertz CT molecular complexity index is 490. The van der Waals surface area contributed by atoms with Crippen LogP contribution in [0.15, 0.2) is 5.38 Å². The predicted octanol–water partition coefficient (Wildman–Crippen LogP) is 2.45. The van der Waals surface area contributed by atoms with Crippen molar-refractivity contribution in [1.82, 2.24) is 10.2 Å². The maximum absolute atomic E-state index is 12.4. The summed E-state index contributed by atoms with van der Waals surface area (Å²) in [4.78, 5) is 15.8. The second-order valence-corrected chi connectivity index (χ2v) is 7.45. The van der Waals surface area contributed by atoms with Crippen LogP contribution in [-0.2, 0) is 4.74 Å². The van der Waals surface area contributed by atoms with E-state index in [2.05, 4.69) is 31.2 Å². The van der Waals surface area contributed by atoms with Crippen molar-refractivity contribution in [3.63, 3.8) is 0 Å². The van der Waals surface area contributed by atoms with Crippen LogP contribution in [0.2, 0.25) is 0 Å². The van der Waals surface area contributed by atoms with Gasteiger partial charge in [0.15, 0.2) is 0 Å². The van der Waals surface area contributed by atoms with Crippen molar-refractivity contribution in [3.05, 3.63) is 21.4 Å². The molecule has 1 N–H and O–H groups in total. The molecule has 1 aliphatic rings. The summed E-state index contributed by atoms with van der Waals surface area (Å²) in [6.07, 6.45) is 2.01. The Morgan fingerprint density at radius 3 is 2.57 bits per heavy atom. The van der Waals surface area contributed by atoms with E-state index in [-0.39, 0.29) is 11.3 Å². The highest BCUT2D eigenvalue weighted by molar-refractivity contribution is 7.10. The van der Waals surface area contributed by atoms with Gasteiger partial charge in [-0.05, 0) is 46.3 Å². The van der Waals surface area contributed by atoms with Crippen LogP contribution in [0.4, 0.5) is 0 Å². The van der Waals surface area contributed by atoms with E-state index in [1.165, 1.54) is 4.88 Å². The fourth-order valence-electron chi connectivity index (χ4n) is 2.97. The smallest absolute Gasteiger partial charge is 0.252 e. The highest BCUT2D eigenvalue weighted by atomic mass is 32.1. The monoisotopic (exact) mass is 310 g/mol. The standard InChI is InChI=1S/C16H26N2O2S/c1-12-13(2)21-9-14(12)15(19)17-10-16(11-18(3)4)5-7-20-8-6-16/h9H,5-8,10-11H2,1-4H3,(H,17,19). The molecular formula is C16H26N2O2S. The van der Waals surface area contributed by atoms with Crippen LogP contribution < -0.4 is 5.32 Å². The lowest BCUT2D eigenvalue weighted by Gasteiger charge is -2.39. The van der Waals surface area contributed by atoms with Crippen molar-refractivity contribution in [2.24, 2.45) is 5.41 Å². The molecule has 2 rings (SSSR count). The lowest BCUT2D eigenvalue weighted by Crippen LogP contribution is -2.47. The van der Waals surface area contributed by atoms with Crippen molar-refractivity contribution in [3.8, 4) is 0 Å². The number of thiophene rings is 1. The third-order valence-corrected chi connectivity index (χ3v) is 5.37. The number of nitrogens with zero attached hydrogens (tertiary/aromatic N) is 1. The summed E-state index contributed by atoms with van der Waals surface area (Å²) in [5, 5.41) is 5.12. The number of aryl methyl sites for hydroxylation is 1. The number of ether oxygens (including phenoxy) is 1.